The van der Waals surface area contributed by atoms with Crippen molar-refractivity contribution in [2.24, 2.45) is 0 Å². The second-order valence-corrected chi connectivity index (χ2v) is 8.60. The molecular formula is C17H15Cl2F3N2O3S. The van der Waals surface area contributed by atoms with Crippen LogP contribution < -0.4 is 9.62 Å². The molecule has 0 aliphatic carbocycles. The van der Waals surface area contributed by atoms with E-state index in [1.165, 1.54) is 37.3 Å². The van der Waals surface area contributed by atoms with E-state index in [0.29, 0.717) is 11.1 Å². The van der Waals surface area contributed by atoms with Gasteiger partial charge in [0, 0.05) is 10.7 Å². The molecular weight excluding hydrogens is 440 g/mol. The Morgan fingerprint density at radius 1 is 1.11 bits per heavy atom. The van der Waals surface area contributed by atoms with Crippen LogP contribution in [0.25, 0.3) is 0 Å². The predicted molar refractivity (Wildman–Crippen MR) is 103 cm³/mol. The third-order valence-electron chi connectivity index (χ3n) is 3.71. The van der Waals surface area contributed by atoms with Gasteiger partial charge in [-0.1, -0.05) is 23.2 Å². The number of sulfonamides is 1. The quantitative estimate of drug-likeness (QED) is 0.704. The maximum absolute atomic E-state index is 13.0. The van der Waals surface area contributed by atoms with Gasteiger partial charge in [-0.05, 0) is 49.4 Å². The van der Waals surface area contributed by atoms with Crippen LogP contribution in [0.2, 0.25) is 10.0 Å². The standard InChI is InChI=1S/C17H15Cl2F3N2O3S/c1-10(24(28(2,26)27)13-6-3-11(18)4-7-13)16(25)23-12-5-8-15(19)14(9-12)17(20,21)22/h3-10H,1-2H3,(H,23,25)/t10-/m1/s1. The van der Waals surface area contributed by atoms with E-state index >= 15 is 0 Å². The zero-order valence-electron chi connectivity index (χ0n) is 14.6. The van der Waals surface area contributed by atoms with Crippen molar-refractivity contribution in [3.8, 4) is 0 Å². The van der Waals surface area contributed by atoms with Gasteiger partial charge in [-0.25, -0.2) is 8.42 Å². The molecule has 0 saturated heterocycles. The number of amides is 1. The van der Waals surface area contributed by atoms with Gasteiger partial charge in [-0.3, -0.25) is 9.10 Å². The van der Waals surface area contributed by atoms with Gasteiger partial charge < -0.3 is 5.32 Å². The van der Waals surface area contributed by atoms with Crippen LogP contribution in [0.1, 0.15) is 12.5 Å². The fourth-order valence-electron chi connectivity index (χ4n) is 2.46. The molecule has 0 fully saturated rings. The first-order valence-corrected chi connectivity index (χ1v) is 10.3. The summed E-state index contributed by atoms with van der Waals surface area (Å²) in [6.45, 7) is 1.31. The van der Waals surface area contributed by atoms with Crippen LogP contribution in [0.4, 0.5) is 24.5 Å². The van der Waals surface area contributed by atoms with Crippen LogP contribution in [-0.4, -0.2) is 26.6 Å². The molecule has 1 N–H and O–H groups in total. The number of alkyl halides is 3. The highest BCUT2D eigenvalue weighted by molar-refractivity contribution is 7.92. The molecule has 0 aliphatic heterocycles. The van der Waals surface area contributed by atoms with Gasteiger partial charge in [0.05, 0.1) is 22.5 Å². The SMILES string of the molecule is C[C@H](C(=O)Nc1ccc(Cl)c(C(F)(F)F)c1)N(c1ccc(Cl)cc1)S(C)(=O)=O. The van der Waals surface area contributed by atoms with Gasteiger partial charge in [0.2, 0.25) is 15.9 Å². The van der Waals surface area contributed by atoms with Crippen molar-refractivity contribution in [1.29, 1.82) is 0 Å². The first-order chi connectivity index (χ1) is 12.8. The molecule has 152 valence electrons. The highest BCUT2D eigenvalue weighted by Crippen LogP contribution is 2.36. The molecule has 0 aliphatic rings. The van der Waals surface area contributed by atoms with Gasteiger partial charge in [-0.15, -0.1) is 0 Å². The monoisotopic (exact) mass is 454 g/mol. The van der Waals surface area contributed by atoms with Crippen LogP contribution in [0, 0.1) is 0 Å². The lowest BCUT2D eigenvalue weighted by Crippen LogP contribution is -2.45. The Labute approximate surface area is 170 Å². The summed E-state index contributed by atoms with van der Waals surface area (Å²) >= 11 is 11.3. The van der Waals surface area contributed by atoms with Crippen LogP contribution in [0.3, 0.4) is 0 Å². The van der Waals surface area contributed by atoms with E-state index in [4.69, 9.17) is 23.2 Å². The summed E-state index contributed by atoms with van der Waals surface area (Å²) in [5, 5.41) is 2.14. The number of rotatable bonds is 5. The highest BCUT2D eigenvalue weighted by Gasteiger charge is 2.34. The minimum absolute atomic E-state index is 0.168. The third-order valence-corrected chi connectivity index (χ3v) is 5.53. The fraction of sp³-hybridized carbons (Fsp3) is 0.235. The summed E-state index contributed by atoms with van der Waals surface area (Å²) in [5.74, 6) is -0.823. The second kappa shape index (κ2) is 8.18. The lowest BCUT2D eigenvalue weighted by molar-refractivity contribution is -0.137. The molecule has 1 atom stereocenters. The van der Waals surface area contributed by atoms with Gasteiger partial charge in [-0.2, -0.15) is 13.2 Å². The van der Waals surface area contributed by atoms with Gasteiger partial charge in [0.25, 0.3) is 0 Å². The van der Waals surface area contributed by atoms with Gasteiger partial charge in [0.15, 0.2) is 0 Å². The van der Waals surface area contributed by atoms with Crippen molar-refractivity contribution in [3.63, 3.8) is 0 Å². The summed E-state index contributed by atoms with van der Waals surface area (Å²) in [4.78, 5) is 12.5. The topological polar surface area (TPSA) is 66.5 Å². The van der Waals surface area contributed by atoms with E-state index in [9.17, 15) is 26.4 Å². The summed E-state index contributed by atoms with van der Waals surface area (Å²) in [7, 11) is -3.88. The van der Waals surface area contributed by atoms with Crippen molar-refractivity contribution in [1.82, 2.24) is 0 Å². The molecule has 0 heterocycles. The smallest absolute Gasteiger partial charge is 0.324 e. The van der Waals surface area contributed by atoms with Crippen molar-refractivity contribution in [2.45, 2.75) is 19.1 Å². The number of anilines is 2. The number of hydrogen-bond acceptors (Lipinski definition) is 3. The first kappa shape index (κ1) is 22.3. The molecule has 28 heavy (non-hydrogen) atoms. The zero-order valence-corrected chi connectivity index (χ0v) is 16.9. The maximum Gasteiger partial charge on any atom is 0.417 e. The lowest BCUT2D eigenvalue weighted by Gasteiger charge is -2.28. The average Bonchev–Trinajstić information content (AvgIpc) is 2.56. The van der Waals surface area contributed by atoms with E-state index in [2.05, 4.69) is 5.32 Å². The van der Waals surface area contributed by atoms with Crippen molar-refractivity contribution in [3.05, 3.63) is 58.1 Å². The number of hydrogen-bond donors (Lipinski definition) is 1. The molecule has 1 amide bonds. The van der Waals surface area contributed by atoms with E-state index in [-0.39, 0.29) is 11.4 Å². The first-order valence-electron chi connectivity index (χ1n) is 7.73. The van der Waals surface area contributed by atoms with Crippen LogP contribution in [0.5, 0.6) is 0 Å². The molecule has 0 bridgehead atoms. The Hall–Kier alpha value is -1.97. The number of benzene rings is 2. The minimum atomic E-state index is -4.70. The zero-order chi connectivity index (χ0) is 21.3. The Morgan fingerprint density at radius 2 is 1.68 bits per heavy atom. The summed E-state index contributed by atoms with van der Waals surface area (Å²) in [5.41, 5.74) is -1.10. The number of nitrogens with zero attached hydrogens (tertiary/aromatic N) is 1. The van der Waals surface area contributed by atoms with Crippen LogP contribution >= 0.6 is 23.2 Å². The maximum atomic E-state index is 13.0. The molecule has 0 unspecified atom stereocenters. The van der Waals surface area contributed by atoms with E-state index in [1.54, 1.807) is 0 Å². The summed E-state index contributed by atoms with van der Waals surface area (Å²) in [6, 6.07) is 7.35. The molecule has 2 aromatic rings. The fourth-order valence-corrected chi connectivity index (χ4v) is 3.99. The summed E-state index contributed by atoms with van der Waals surface area (Å²) in [6.07, 6.45) is -3.79. The molecule has 5 nitrogen and oxygen atoms in total. The number of carbonyl (C=O) groups excluding carboxylic acids is 1. The number of halogens is 5. The Balaban J connectivity index is 2.33. The van der Waals surface area contributed by atoms with Crippen molar-refractivity contribution < 1.29 is 26.4 Å². The van der Waals surface area contributed by atoms with E-state index in [0.717, 1.165) is 16.6 Å². The Morgan fingerprint density at radius 3 is 2.18 bits per heavy atom. The van der Waals surface area contributed by atoms with E-state index < -0.39 is 38.7 Å². The number of nitrogens with one attached hydrogen (secondary N) is 1. The van der Waals surface area contributed by atoms with Crippen LogP contribution in [0.15, 0.2) is 42.5 Å². The van der Waals surface area contributed by atoms with Gasteiger partial charge >= 0.3 is 6.18 Å². The lowest BCUT2D eigenvalue weighted by atomic mass is 10.2. The molecule has 11 heteroatoms. The minimum Gasteiger partial charge on any atom is -0.324 e. The largest absolute Gasteiger partial charge is 0.417 e. The van der Waals surface area contributed by atoms with E-state index in [1.807, 2.05) is 0 Å². The number of carbonyl (C=O) groups is 1. The summed E-state index contributed by atoms with van der Waals surface area (Å²) < 4.78 is 64.1. The Kier molecular flexibility index (Phi) is 6.52. The predicted octanol–water partition coefficient (Wildman–Crippen LogP) is 4.81. The molecule has 0 saturated carbocycles. The molecule has 2 rings (SSSR count). The molecule has 0 spiro atoms. The van der Waals surface area contributed by atoms with Crippen molar-refractivity contribution >= 4 is 50.5 Å². The molecule has 0 radical (unpaired) electrons. The van der Waals surface area contributed by atoms with Crippen LogP contribution in [-0.2, 0) is 21.0 Å². The van der Waals surface area contributed by atoms with Crippen molar-refractivity contribution in [2.75, 3.05) is 15.9 Å². The molecule has 2 aromatic carbocycles. The Bertz CT molecular complexity index is 980. The highest BCUT2D eigenvalue weighted by atomic mass is 35.5. The average molecular weight is 455 g/mol. The van der Waals surface area contributed by atoms with Gasteiger partial charge in [0.1, 0.15) is 6.04 Å². The third kappa shape index (κ3) is 5.30. The molecule has 0 aromatic heterocycles. The second-order valence-electron chi connectivity index (χ2n) is 5.89. The normalized spacial score (nSPS) is 13.1.